The van der Waals surface area contributed by atoms with Gasteiger partial charge >= 0.3 is 11.9 Å². The number of carbonyl (C=O) groups excluding carboxylic acids is 1. The molecule has 1 fully saturated rings. The molecule has 1 N–H and O–H groups in total. The fraction of sp³-hybridized carbons (Fsp3) is 0.429. The standard InChI is InChI=1S/C14H17NO4/c1-15-10-19-13(18)14(15,8-7-12(16)17)9-11-5-3-2-4-6-11/h2-6H,7-10H2,1H3,(H,16,17). The molecule has 1 aliphatic rings. The lowest BCUT2D eigenvalue weighted by Gasteiger charge is -2.31. The Morgan fingerprint density at radius 1 is 1.42 bits per heavy atom. The normalized spacial score (nSPS) is 23.3. The predicted octanol–water partition coefficient (Wildman–Crippen LogP) is 1.28. The lowest BCUT2D eigenvalue weighted by atomic mass is 9.85. The zero-order chi connectivity index (χ0) is 13.9. The number of esters is 1. The highest BCUT2D eigenvalue weighted by Gasteiger charge is 2.48. The molecule has 0 aromatic heterocycles. The number of cyclic esters (lactones) is 1. The first-order valence-corrected chi connectivity index (χ1v) is 6.19. The Kier molecular flexibility index (Phi) is 3.85. The Labute approximate surface area is 111 Å². The number of nitrogens with zero attached hydrogens (tertiary/aromatic N) is 1. The number of benzene rings is 1. The maximum Gasteiger partial charge on any atom is 0.328 e. The Balaban J connectivity index is 2.24. The van der Waals surface area contributed by atoms with Gasteiger partial charge in [0.1, 0.15) is 12.3 Å². The van der Waals surface area contributed by atoms with Crippen molar-refractivity contribution in [3.63, 3.8) is 0 Å². The van der Waals surface area contributed by atoms with Gasteiger partial charge in [0, 0.05) is 12.8 Å². The molecule has 1 unspecified atom stereocenters. The molecule has 1 aromatic carbocycles. The minimum Gasteiger partial charge on any atom is -0.481 e. The summed E-state index contributed by atoms with van der Waals surface area (Å²) in [6.45, 7) is 0.214. The third-order valence-corrected chi connectivity index (χ3v) is 3.59. The third kappa shape index (κ3) is 2.76. The van der Waals surface area contributed by atoms with Crippen LogP contribution in [-0.2, 0) is 20.7 Å². The van der Waals surface area contributed by atoms with Crippen LogP contribution in [0.4, 0.5) is 0 Å². The summed E-state index contributed by atoms with van der Waals surface area (Å²) in [5.74, 6) is -1.24. The minimum absolute atomic E-state index is 0.0493. The molecule has 1 atom stereocenters. The van der Waals surface area contributed by atoms with E-state index in [9.17, 15) is 9.59 Å². The van der Waals surface area contributed by atoms with Crippen LogP contribution in [-0.4, -0.2) is 41.3 Å². The molecule has 0 radical (unpaired) electrons. The number of carbonyl (C=O) groups is 2. The lowest BCUT2D eigenvalue weighted by molar-refractivity contribution is -0.144. The number of carboxylic acids is 1. The van der Waals surface area contributed by atoms with Gasteiger partial charge in [-0.3, -0.25) is 9.69 Å². The smallest absolute Gasteiger partial charge is 0.328 e. The van der Waals surface area contributed by atoms with E-state index in [1.165, 1.54) is 0 Å². The van der Waals surface area contributed by atoms with Crippen LogP contribution in [0.2, 0.25) is 0 Å². The molecule has 0 saturated carbocycles. The predicted molar refractivity (Wildman–Crippen MR) is 68.5 cm³/mol. The topological polar surface area (TPSA) is 66.8 Å². The van der Waals surface area contributed by atoms with Crippen LogP contribution in [0, 0.1) is 0 Å². The number of hydrogen-bond acceptors (Lipinski definition) is 4. The average Bonchev–Trinajstić information content (AvgIpc) is 2.66. The van der Waals surface area contributed by atoms with Crippen molar-refractivity contribution in [1.29, 1.82) is 0 Å². The van der Waals surface area contributed by atoms with Crippen molar-refractivity contribution >= 4 is 11.9 Å². The van der Waals surface area contributed by atoms with Gasteiger partial charge in [-0.05, 0) is 19.0 Å². The second-order valence-corrected chi connectivity index (χ2v) is 4.85. The van der Waals surface area contributed by atoms with Crippen molar-refractivity contribution in [2.24, 2.45) is 0 Å². The summed E-state index contributed by atoms with van der Waals surface area (Å²) in [6.07, 6.45) is 0.676. The zero-order valence-corrected chi connectivity index (χ0v) is 10.8. The molecule has 1 aliphatic heterocycles. The van der Waals surface area contributed by atoms with Gasteiger partial charge in [-0.15, -0.1) is 0 Å². The van der Waals surface area contributed by atoms with Gasteiger partial charge in [0.15, 0.2) is 0 Å². The summed E-state index contributed by atoms with van der Waals surface area (Å²) < 4.78 is 5.08. The first-order chi connectivity index (χ1) is 9.04. The Hall–Kier alpha value is -1.88. The molecular formula is C14H17NO4. The highest BCUT2D eigenvalue weighted by Crippen LogP contribution is 2.31. The number of rotatable bonds is 5. The van der Waals surface area contributed by atoms with E-state index in [0.717, 1.165) is 5.56 Å². The van der Waals surface area contributed by atoms with E-state index in [0.29, 0.717) is 6.42 Å². The molecule has 0 bridgehead atoms. The van der Waals surface area contributed by atoms with Gasteiger partial charge in [0.2, 0.25) is 0 Å². The molecule has 0 aliphatic carbocycles. The number of hydrogen-bond donors (Lipinski definition) is 1. The van der Waals surface area contributed by atoms with Gasteiger partial charge < -0.3 is 9.84 Å². The van der Waals surface area contributed by atoms with Crippen LogP contribution in [0.3, 0.4) is 0 Å². The molecule has 5 heteroatoms. The largest absolute Gasteiger partial charge is 0.481 e. The minimum atomic E-state index is -0.902. The summed E-state index contributed by atoms with van der Waals surface area (Å²) in [7, 11) is 1.79. The molecule has 1 heterocycles. The van der Waals surface area contributed by atoms with Crippen molar-refractivity contribution in [3.8, 4) is 0 Å². The van der Waals surface area contributed by atoms with Crippen molar-refractivity contribution in [2.75, 3.05) is 13.8 Å². The van der Waals surface area contributed by atoms with E-state index in [4.69, 9.17) is 9.84 Å². The number of ether oxygens (including phenoxy) is 1. The van der Waals surface area contributed by atoms with Gasteiger partial charge in [0.25, 0.3) is 0 Å². The fourth-order valence-electron chi connectivity index (χ4n) is 2.40. The Morgan fingerprint density at radius 3 is 2.63 bits per heavy atom. The zero-order valence-electron chi connectivity index (χ0n) is 10.8. The molecule has 2 rings (SSSR count). The number of carboxylic acid groups (broad SMARTS) is 1. The average molecular weight is 263 g/mol. The second-order valence-electron chi connectivity index (χ2n) is 4.85. The molecule has 5 nitrogen and oxygen atoms in total. The highest BCUT2D eigenvalue weighted by molar-refractivity contribution is 5.83. The van der Waals surface area contributed by atoms with Crippen molar-refractivity contribution < 1.29 is 19.4 Å². The number of aliphatic carboxylic acids is 1. The van der Waals surface area contributed by atoms with Gasteiger partial charge in [-0.25, -0.2) is 4.79 Å². The summed E-state index contributed by atoms with van der Waals surface area (Å²) in [5, 5.41) is 8.86. The van der Waals surface area contributed by atoms with Crippen molar-refractivity contribution in [1.82, 2.24) is 4.90 Å². The van der Waals surface area contributed by atoms with Crippen molar-refractivity contribution in [3.05, 3.63) is 35.9 Å². The van der Waals surface area contributed by atoms with Gasteiger partial charge in [0.05, 0.1) is 0 Å². The summed E-state index contributed by atoms with van der Waals surface area (Å²) in [6, 6.07) is 9.58. The van der Waals surface area contributed by atoms with E-state index >= 15 is 0 Å². The van der Waals surface area contributed by atoms with Crippen LogP contribution in [0.1, 0.15) is 18.4 Å². The Bertz CT molecular complexity index is 474. The van der Waals surface area contributed by atoms with Crippen LogP contribution in [0.25, 0.3) is 0 Å². The number of likely N-dealkylation sites (N-methyl/N-ethyl adjacent to an activating group) is 1. The van der Waals surface area contributed by atoms with Crippen LogP contribution < -0.4 is 0 Å². The molecule has 0 spiro atoms. The molecule has 0 amide bonds. The van der Waals surface area contributed by atoms with E-state index in [2.05, 4.69) is 0 Å². The molecule has 102 valence electrons. The fourth-order valence-corrected chi connectivity index (χ4v) is 2.40. The van der Waals surface area contributed by atoms with Gasteiger partial charge in [-0.1, -0.05) is 30.3 Å². The molecular weight excluding hydrogens is 246 g/mol. The summed E-state index contributed by atoms with van der Waals surface area (Å²) in [4.78, 5) is 24.7. The van der Waals surface area contributed by atoms with Crippen LogP contribution in [0.15, 0.2) is 30.3 Å². The molecule has 1 aromatic rings. The molecule has 19 heavy (non-hydrogen) atoms. The Morgan fingerprint density at radius 2 is 2.11 bits per heavy atom. The third-order valence-electron chi connectivity index (χ3n) is 3.59. The van der Waals surface area contributed by atoms with E-state index in [1.54, 1.807) is 11.9 Å². The first-order valence-electron chi connectivity index (χ1n) is 6.19. The van der Waals surface area contributed by atoms with E-state index in [-0.39, 0.29) is 25.5 Å². The lowest BCUT2D eigenvalue weighted by Crippen LogP contribution is -2.48. The maximum atomic E-state index is 12.1. The maximum absolute atomic E-state index is 12.1. The molecule has 1 saturated heterocycles. The monoisotopic (exact) mass is 263 g/mol. The second kappa shape index (κ2) is 5.40. The first kappa shape index (κ1) is 13.5. The van der Waals surface area contributed by atoms with Crippen molar-refractivity contribution in [2.45, 2.75) is 24.8 Å². The van der Waals surface area contributed by atoms with Crippen LogP contribution in [0.5, 0.6) is 0 Å². The van der Waals surface area contributed by atoms with Crippen LogP contribution >= 0.6 is 0 Å². The summed E-state index contributed by atoms with van der Waals surface area (Å²) in [5.41, 5.74) is 0.137. The summed E-state index contributed by atoms with van der Waals surface area (Å²) >= 11 is 0. The quantitative estimate of drug-likeness (QED) is 0.810. The SMILES string of the molecule is CN1COC(=O)C1(CCC(=O)O)Cc1ccccc1. The van der Waals surface area contributed by atoms with Gasteiger partial charge in [-0.2, -0.15) is 0 Å². The van der Waals surface area contributed by atoms with E-state index < -0.39 is 11.5 Å². The highest BCUT2D eigenvalue weighted by atomic mass is 16.6. The van der Waals surface area contributed by atoms with E-state index in [1.807, 2.05) is 30.3 Å².